The van der Waals surface area contributed by atoms with Gasteiger partial charge in [0, 0.05) is 0 Å². The van der Waals surface area contributed by atoms with Crippen molar-refractivity contribution in [3.8, 4) is 0 Å². The number of benzene rings is 1. The monoisotopic (exact) mass is 214 g/mol. The van der Waals surface area contributed by atoms with Crippen LogP contribution in [0, 0.1) is 13.8 Å². The lowest BCUT2D eigenvalue weighted by Gasteiger charge is -1.90. The molecule has 0 spiro atoms. The molecule has 1 aromatic carbocycles. The number of hydrogen-bond donors (Lipinski definition) is 1. The molecule has 0 aromatic heterocycles. The third-order valence-corrected chi connectivity index (χ3v) is 1.81. The first-order chi connectivity index (χ1) is 6.35. The van der Waals surface area contributed by atoms with Gasteiger partial charge in [0.1, 0.15) is 0 Å². The largest absolute Gasteiger partial charge is 0.287 e. The molecular formula is C10H14O3S. The van der Waals surface area contributed by atoms with Crippen LogP contribution >= 0.6 is 0 Å². The average Bonchev–Trinajstić information content (AvgIpc) is 2.03. The van der Waals surface area contributed by atoms with Gasteiger partial charge in [0.15, 0.2) is 0 Å². The van der Waals surface area contributed by atoms with E-state index < -0.39 is 10.1 Å². The summed E-state index contributed by atoms with van der Waals surface area (Å²) in [5.74, 6) is 0. The molecule has 0 aliphatic carbocycles. The lowest BCUT2D eigenvalue weighted by atomic mass is 10.2. The first kappa shape index (κ1) is 12.9. The third-order valence-electron chi connectivity index (χ3n) is 1.38. The second-order valence-electron chi connectivity index (χ2n) is 2.84. The Kier molecular flexibility index (Phi) is 5.12. The maximum Gasteiger partial charge on any atom is 0.287 e. The molecule has 0 radical (unpaired) electrons. The lowest BCUT2D eigenvalue weighted by molar-refractivity contribution is 0.494. The van der Waals surface area contributed by atoms with Gasteiger partial charge < -0.3 is 0 Å². The van der Waals surface area contributed by atoms with Crippen molar-refractivity contribution in [1.29, 1.82) is 0 Å². The first-order valence-corrected chi connectivity index (χ1v) is 5.48. The quantitative estimate of drug-likeness (QED) is 0.730. The van der Waals surface area contributed by atoms with E-state index in [-0.39, 0.29) is 0 Å². The van der Waals surface area contributed by atoms with Crippen LogP contribution in [-0.4, -0.2) is 13.0 Å². The fourth-order valence-corrected chi connectivity index (χ4v) is 0.807. The molecule has 0 heterocycles. The van der Waals surface area contributed by atoms with Crippen molar-refractivity contribution in [3.63, 3.8) is 0 Å². The predicted molar refractivity (Wildman–Crippen MR) is 57.7 cm³/mol. The molecule has 1 rings (SSSR count). The predicted octanol–water partition coefficient (Wildman–Crippen LogP) is 2.32. The highest BCUT2D eigenvalue weighted by atomic mass is 32.2. The maximum absolute atomic E-state index is 9.44. The van der Waals surface area contributed by atoms with Crippen LogP contribution < -0.4 is 0 Å². The van der Waals surface area contributed by atoms with E-state index in [1.807, 2.05) is 0 Å². The Balaban J connectivity index is 0.000000255. The summed E-state index contributed by atoms with van der Waals surface area (Å²) in [4.78, 5) is 0. The van der Waals surface area contributed by atoms with Gasteiger partial charge >= 0.3 is 0 Å². The Morgan fingerprint density at radius 2 is 1.64 bits per heavy atom. The molecule has 0 saturated heterocycles. The molecule has 0 saturated carbocycles. The topological polar surface area (TPSA) is 54.4 Å². The molecule has 1 aromatic rings. The Morgan fingerprint density at radius 1 is 1.29 bits per heavy atom. The normalized spacial score (nSPS) is 9.93. The van der Waals surface area contributed by atoms with Crippen molar-refractivity contribution in [2.45, 2.75) is 13.8 Å². The molecule has 0 atom stereocenters. The van der Waals surface area contributed by atoms with Crippen LogP contribution in [0.15, 0.2) is 36.3 Å². The van der Waals surface area contributed by atoms with Crippen LogP contribution in [0.1, 0.15) is 11.1 Å². The van der Waals surface area contributed by atoms with E-state index in [2.05, 4.69) is 44.7 Å². The highest BCUT2D eigenvalue weighted by Crippen LogP contribution is 2.00. The van der Waals surface area contributed by atoms with Crippen molar-refractivity contribution in [2.24, 2.45) is 0 Å². The van der Waals surface area contributed by atoms with Crippen LogP contribution in [0.25, 0.3) is 0 Å². The van der Waals surface area contributed by atoms with Gasteiger partial charge in [-0.25, -0.2) is 0 Å². The molecule has 3 nitrogen and oxygen atoms in total. The van der Waals surface area contributed by atoms with Crippen LogP contribution in [-0.2, 0) is 10.1 Å². The van der Waals surface area contributed by atoms with Gasteiger partial charge in [-0.1, -0.05) is 42.0 Å². The van der Waals surface area contributed by atoms with Crippen molar-refractivity contribution in [3.05, 3.63) is 47.4 Å². The molecule has 0 unspecified atom stereocenters. The van der Waals surface area contributed by atoms with Gasteiger partial charge in [-0.3, -0.25) is 4.55 Å². The summed E-state index contributed by atoms with van der Waals surface area (Å²) in [5, 5.41) is 0.465. The molecule has 0 aliphatic rings. The second kappa shape index (κ2) is 5.57. The fourth-order valence-electron chi connectivity index (χ4n) is 0.807. The van der Waals surface area contributed by atoms with Gasteiger partial charge in [-0.15, -0.1) is 0 Å². The van der Waals surface area contributed by atoms with E-state index in [0.717, 1.165) is 0 Å². The average molecular weight is 214 g/mol. The summed E-state index contributed by atoms with van der Waals surface area (Å²) in [7, 11) is -3.90. The minimum Gasteiger partial charge on any atom is -0.282 e. The van der Waals surface area contributed by atoms with Crippen molar-refractivity contribution in [2.75, 3.05) is 0 Å². The van der Waals surface area contributed by atoms with E-state index in [4.69, 9.17) is 4.55 Å². The molecule has 0 fully saturated rings. The zero-order valence-electron chi connectivity index (χ0n) is 8.27. The van der Waals surface area contributed by atoms with Gasteiger partial charge in [0.05, 0.1) is 5.41 Å². The molecule has 0 amide bonds. The highest BCUT2D eigenvalue weighted by Gasteiger charge is 1.87. The smallest absolute Gasteiger partial charge is 0.282 e. The molecule has 0 aliphatic heterocycles. The Morgan fingerprint density at radius 3 is 1.79 bits per heavy atom. The summed E-state index contributed by atoms with van der Waals surface area (Å²) >= 11 is 0. The van der Waals surface area contributed by atoms with Gasteiger partial charge in [0.2, 0.25) is 0 Å². The maximum atomic E-state index is 9.44. The lowest BCUT2D eigenvalue weighted by Crippen LogP contribution is -1.86. The Hall–Kier alpha value is -1.13. The van der Waals surface area contributed by atoms with E-state index in [9.17, 15) is 8.42 Å². The van der Waals surface area contributed by atoms with Gasteiger partial charge in [-0.2, -0.15) is 8.42 Å². The molecule has 4 heteroatoms. The SMILES string of the molecule is C=CS(=O)(=O)O.Cc1cccc(C)c1. The van der Waals surface area contributed by atoms with Gasteiger partial charge in [-0.05, 0) is 13.8 Å². The third kappa shape index (κ3) is 7.52. The van der Waals surface area contributed by atoms with E-state index in [0.29, 0.717) is 5.41 Å². The number of rotatable bonds is 1. The van der Waals surface area contributed by atoms with Crippen LogP contribution in [0.4, 0.5) is 0 Å². The highest BCUT2D eigenvalue weighted by molar-refractivity contribution is 7.88. The second-order valence-corrected chi connectivity index (χ2v) is 4.20. The van der Waals surface area contributed by atoms with Gasteiger partial charge in [0.25, 0.3) is 10.1 Å². The zero-order chi connectivity index (χ0) is 11.2. The van der Waals surface area contributed by atoms with E-state index >= 15 is 0 Å². The van der Waals surface area contributed by atoms with Crippen LogP contribution in [0.2, 0.25) is 0 Å². The molecule has 1 N–H and O–H groups in total. The minimum absolute atomic E-state index is 0.465. The summed E-state index contributed by atoms with van der Waals surface area (Å²) in [6.07, 6.45) is 0. The fraction of sp³-hybridized carbons (Fsp3) is 0.200. The van der Waals surface area contributed by atoms with E-state index in [1.165, 1.54) is 11.1 Å². The standard InChI is InChI=1S/C8H10.C2H4O3S/c1-7-4-3-5-8(2)6-7;1-2-6(3,4)5/h3-6H,1-2H3;2H,1H2,(H,3,4,5). The van der Waals surface area contributed by atoms with Crippen molar-refractivity contribution >= 4 is 10.1 Å². The summed E-state index contributed by atoms with van der Waals surface area (Å²) < 4.78 is 26.6. The van der Waals surface area contributed by atoms with Crippen molar-refractivity contribution < 1.29 is 13.0 Å². The Bertz CT molecular complexity index is 365. The Labute approximate surface area is 84.8 Å². The van der Waals surface area contributed by atoms with E-state index in [1.54, 1.807) is 0 Å². The summed E-state index contributed by atoms with van der Waals surface area (Å²) in [6, 6.07) is 8.45. The summed E-state index contributed by atoms with van der Waals surface area (Å²) in [6.45, 7) is 7.00. The molecule has 0 bridgehead atoms. The van der Waals surface area contributed by atoms with Crippen LogP contribution in [0.5, 0.6) is 0 Å². The number of aryl methyl sites for hydroxylation is 2. The number of hydrogen-bond acceptors (Lipinski definition) is 2. The van der Waals surface area contributed by atoms with Crippen molar-refractivity contribution in [1.82, 2.24) is 0 Å². The first-order valence-electron chi connectivity index (χ1n) is 3.98. The molecule has 78 valence electrons. The van der Waals surface area contributed by atoms with Crippen LogP contribution in [0.3, 0.4) is 0 Å². The minimum atomic E-state index is -3.90. The summed E-state index contributed by atoms with van der Waals surface area (Å²) in [5.41, 5.74) is 2.68. The molecular weight excluding hydrogens is 200 g/mol. The zero-order valence-corrected chi connectivity index (χ0v) is 9.08. The molecule has 14 heavy (non-hydrogen) atoms.